The molecule has 2 nitrogen and oxygen atoms in total. The van der Waals surface area contributed by atoms with Crippen molar-refractivity contribution in [2.24, 2.45) is 10.7 Å². The summed E-state index contributed by atoms with van der Waals surface area (Å²) in [6.07, 6.45) is 2.70. The maximum atomic E-state index is 5.86. The Morgan fingerprint density at radius 3 is 2.67 bits per heavy atom. The van der Waals surface area contributed by atoms with E-state index in [-0.39, 0.29) is 0 Å². The van der Waals surface area contributed by atoms with E-state index in [1.165, 1.54) is 5.57 Å². The molecule has 0 heterocycles. The highest BCUT2D eigenvalue weighted by Crippen LogP contribution is 2.16. The van der Waals surface area contributed by atoms with Gasteiger partial charge in [-0.25, -0.2) is 0 Å². The van der Waals surface area contributed by atoms with Crippen LogP contribution in [0, 0.1) is 6.92 Å². The average molecular weight is 202 g/mol. The highest BCUT2D eigenvalue weighted by atomic mass is 14.7. The molecule has 0 atom stereocenters. The van der Waals surface area contributed by atoms with Crippen LogP contribution in [0.1, 0.15) is 25.8 Å². The largest absolute Gasteiger partial charge is 0.398 e. The van der Waals surface area contributed by atoms with Gasteiger partial charge in [-0.2, -0.15) is 0 Å². The Kier molecular flexibility index (Phi) is 4.10. The summed E-state index contributed by atoms with van der Waals surface area (Å²) < 4.78 is 0. The number of benzene rings is 1. The van der Waals surface area contributed by atoms with E-state index in [1.807, 2.05) is 38.1 Å². The molecule has 0 aliphatic heterocycles. The second kappa shape index (κ2) is 5.35. The zero-order valence-electron chi connectivity index (χ0n) is 9.62. The predicted molar refractivity (Wildman–Crippen MR) is 66.5 cm³/mol. The molecule has 0 aliphatic rings. The van der Waals surface area contributed by atoms with Crippen molar-refractivity contribution >= 4 is 11.9 Å². The van der Waals surface area contributed by atoms with Crippen LogP contribution in [-0.4, -0.2) is 6.21 Å². The molecule has 80 valence electrons. The van der Waals surface area contributed by atoms with E-state index in [0.717, 1.165) is 23.4 Å². The van der Waals surface area contributed by atoms with Gasteiger partial charge in [-0.3, -0.25) is 4.99 Å². The summed E-state index contributed by atoms with van der Waals surface area (Å²) in [6, 6.07) is 8.01. The van der Waals surface area contributed by atoms with Gasteiger partial charge < -0.3 is 5.73 Å². The minimum Gasteiger partial charge on any atom is -0.398 e. The molecule has 2 heteroatoms. The Labute approximate surface area is 91.5 Å². The van der Waals surface area contributed by atoms with Crippen molar-refractivity contribution in [2.45, 2.75) is 27.2 Å². The SMILES string of the molecule is CC/C(C)=C(\N)C=Nc1ccccc1C. The normalized spacial score (nSPS) is 13.0. The second-order valence-corrected chi connectivity index (χ2v) is 3.63. The molecule has 0 spiro atoms. The first kappa shape index (κ1) is 11.5. The molecular weight excluding hydrogens is 184 g/mol. The lowest BCUT2D eigenvalue weighted by molar-refractivity contribution is 1.07. The third kappa shape index (κ3) is 3.24. The number of rotatable bonds is 3. The number of nitrogens with zero attached hydrogens (tertiary/aromatic N) is 1. The molecule has 0 saturated heterocycles. The molecule has 0 bridgehead atoms. The van der Waals surface area contributed by atoms with E-state index in [0.29, 0.717) is 0 Å². The van der Waals surface area contributed by atoms with Gasteiger partial charge >= 0.3 is 0 Å². The molecule has 15 heavy (non-hydrogen) atoms. The van der Waals surface area contributed by atoms with Gasteiger partial charge in [0.1, 0.15) is 0 Å². The van der Waals surface area contributed by atoms with Gasteiger partial charge in [-0.1, -0.05) is 25.1 Å². The first-order chi connectivity index (χ1) is 7.15. The summed E-state index contributed by atoms with van der Waals surface area (Å²) in [4.78, 5) is 4.37. The summed E-state index contributed by atoms with van der Waals surface area (Å²) in [7, 11) is 0. The van der Waals surface area contributed by atoms with E-state index in [2.05, 4.69) is 11.9 Å². The second-order valence-electron chi connectivity index (χ2n) is 3.63. The summed E-state index contributed by atoms with van der Waals surface area (Å²) in [6.45, 7) is 6.16. The predicted octanol–water partition coefficient (Wildman–Crippen LogP) is 3.34. The van der Waals surface area contributed by atoms with E-state index in [4.69, 9.17) is 5.73 Å². The summed E-state index contributed by atoms with van der Waals surface area (Å²) >= 11 is 0. The summed E-state index contributed by atoms with van der Waals surface area (Å²) in [5.41, 5.74) is 9.93. The fraction of sp³-hybridized carbons (Fsp3) is 0.308. The van der Waals surface area contributed by atoms with E-state index in [9.17, 15) is 0 Å². The fourth-order valence-electron chi connectivity index (χ4n) is 1.16. The number of para-hydroxylation sites is 1. The number of aliphatic imine (C=N–C) groups is 1. The van der Waals surface area contributed by atoms with Crippen LogP contribution in [-0.2, 0) is 0 Å². The van der Waals surface area contributed by atoms with E-state index < -0.39 is 0 Å². The number of hydrogen-bond donors (Lipinski definition) is 1. The smallest absolute Gasteiger partial charge is 0.0659 e. The van der Waals surface area contributed by atoms with Crippen molar-refractivity contribution in [3.63, 3.8) is 0 Å². The molecule has 1 aromatic carbocycles. The topological polar surface area (TPSA) is 38.4 Å². The fourth-order valence-corrected chi connectivity index (χ4v) is 1.16. The quantitative estimate of drug-likeness (QED) is 0.750. The lowest BCUT2D eigenvalue weighted by atomic mass is 10.2. The molecule has 0 aromatic heterocycles. The third-order valence-electron chi connectivity index (χ3n) is 2.48. The van der Waals surface area contributed by atoms with Crippen LogP contribution in [0.25, 0.3) is 0 Å². The van der Waals surface area contributed by atoms with Crippen LogP contribution >= 0.6 is 0 Å². The van der Waals surface area contributed by atoms with Gasteiger partial charge in [0.05, 0.1) is 11.9 Å². The molecule has 0 unspecified atom stereocenters. The molecule has 1 aromatic rings. The lowest BCUT2D eigenvalue weighted by Crippen LogP contribution is -2.01. The van der Waals surface area contributed by atoms with Gasteiger partial charge in [0, 0.05) is 5.70 Å². The molecule has 0 radical (unpaired) electrons. The van der Waals surface area contributed by atoms with Crippen molar-refractivity contribution in [3.8, 4) is 0 Å². The van der Waals surface area contributed by atoms with Crippen molar-refractivity contribution in [3.05, 3.63) is 41.1 Å². The first-order valence-electron chi connectivity index (χ1n) is 5.20. The maximum Gasteiger partial charge on any atom is 0.0659 e. The maximum absolute atomic E-state index is 5.86. The number of aryl methyl sites for hydroxylation is 1. The van der Waals surface area contributed by atoms with Crippen molar-refractivity contribution in [2.75, 3.05) is 0 Å². The summed E-state index contributed by atoms with van der Waals surface area (Å²) in [5.74, 6) is 0. The zero-order valence-corrected chi connectivity index (χ0v) is 9.62. The molecule has 2 N–H and O–H groups in total. The van der Waals surface area contributed by atoms with Gasteiger partial charge in [0.2, 0.25) is 0 Å². The zero-order chi connectivity index (χ0) is 11.3. The van der Waals surface area contributed by atoms with Crippen LogP contribution in [0.15, 0.2) is 40.5 Å². The van der Waals surface area contributed by atoms with Crippen LogP contribution in [0.2, 0.25) is 0 Å². The Hall–Kier alpha value is -1.57. The molecule has 1 rings (SSSR count). The highest BCUT2D eigenvalue weighted by molar-refractivity contribution is 5.81. The van der Waals surface area contributed by atoms with Crippen LogP contribution in [0.4, 0.5) is 5.69 Å². The monoisotopic (exact) mass is 202 g/mol. The third-order valence-corrected chi connectivity index (χ3v) is 2.48. The van der Waals surface area contributed by atoms with Crippen molar-refractivity contribution in [1.29, 1.82) is 0 Å². The summed E-state index contributed by atoms with van der Waals surface area (Å²) in [5, 5.41) is 0. The Bertz CT molecular complexity index is 389. The molecular formula is C13H18N2. The van der Waals surface area contributed by atoms with Crippen LogP contribution in [0.5, 0.6) is 0 Å². The highest BCUT2D eigenvalue weighted by Gasteiger charge is 1.94. The van der Waals surface area contributed by atoms with Gasteiger partial charge in [0.15, 0.2) is 0 Å². The molecule has 0 fully saturated rings. The van der Waals surface area contributed by atoms with Gasteiger partial charge in [-0.15, -0.1) is 0 Å². The van der Waals surface area contributed by atoms with Crippen LogP contribution in [0.3, 0.4) is 0 Å². The number of nitrogens with two attached hydrogens (primary N) is 1. The molecule has 0 aliphatic carbocycles. The number of allylic oxidation sites excluding steroid dienone is 2. The number of hydrogen-bond acceptors (Lipinski definition) is 2. The minimum atomic E-state index is 0.765. The Balaban J connectivity index is 2.88. The Morgan fingerprint density at radius 1 is 1.40 bits per heavy atom. The molecule has 0 saturated carbocycles. The standard InChI is InChI=1S/C13H18N2/c1-4-10(2)12(14)9-15-13-8-6-5-7-11(13)3/h5-9H,4,14H2,1-3H3/b12-10-,15-9?. The van der Waals surface area contributed by atoms with Gasteiger partial charge in [-0.05, 0) is 37.5 Å². The first-order valence-corrected chi connectivity index (χ1v) is 5.20. The van der Waals surface area contributed by atoms with E-state index in [1.54, 1.807) is 6.21 Å². The van der Waals surface area contributed by atoms with Crippen LogP contribution < -0.4 is 5.73 Å². The lowest BCUT2D eigenvalue weighted by Gasteiger charge is -2.00. The Morgan fingerprint density at radius 2 is 2.07 bits per heavy atom. The van der Waals surface area contributed by atoms with Gasteiger partial charge in [0.25, 0.3) is 0 Å². The van der Waals surface area contributed by atoms with Crippen molar-refractivity contribution < 1.29 is 0 Å². The van der Waals surface area contributed by atoms with Crippen molar-refractivity contribution in [1.82, 2.24) is 0 Å². The van der Waals surface area contributed by atoms with E-state index >= 15 is 0 Å². The minimum absolute atomic E-state index is 0.765. The average Bonchev–Trinajstić information content (AvgIpc) is 2.26. The molecule has 0 amide bonds.